The Morgan fingerprint density at radius 3 is 2.79 bits per heavy atom. The van der Waals surface area contributed by atoms with Gasteiger partial charge in [0, 0.05) is 37.3 Å². The van der Waals surface area contributed by atoms with E-state index in [0.717, 1.165) is 51.0 Å². The van der Waals surface area contributed by atoms with Gasteiger partial charge in [0.25, 0.3) is 0 Å². The quantitative estimate of drug-likeness (QED) is 0.292. The molecule has 5 rings (SSSR count). The van der Waals surface area contributed by atoms with Gasteiger partial charge in [0.15, 0.2) is 5.82 Å². The number of nitrogens with zero attached hydrogens (tertiary/aromatic N) is 5. The summed E-state index contributed by atoms with van der Waals surface area (Å²) in [7, 11) is 0. The highest BCUT2D eigenvalue weighted by Gasteiger charge is 2.21. The number of fused-ring (bicyclic) bond motifs is 1. The molecule has 0 spiro atoms. The molecule has 0 aliphatic carbocycles. The van der Waals surface area contributed by atoms with Gasteiger partial charge in [-0.2, -0.15) is 5.10 Å². The smallest absolute Gasteiger partial charge is 0.173 e. The van der Waals surface area contributed by atoms with Crippen LogP contribution in [0.25, 0.3) is 26.8 Å². The molecule has 0 atom stereocenters. The molecule has 4 aromatic heterocycles. The molecule has 168 valence electrons. The van der Waals surface area contributed by atoms with Crippen molar-refractivity contribution in [3.05, 3.63) is 76.5 Å². The van der Waals surface area contributed by atoms with Crippen LogP contribution in [0.4, 0.5) is 0 Å². The Bertz CT molecular complexity index is 1370. The van der Waals surface area contributed by atoms with Gasteiger partial charge < -0.3 is 16.0 Å². The van der Waals surface area contributed by atoms with Crippen LogP contribution < -0.4 is 11.1 Å². The van der Waals surface area contributed by atoms with Gasteiger partial charge in [0.1, 0.15) is 11.3 Å². The molecule has 0 bridgehead atoms. The fraction of sp³-hybridized carbons (Fsp3) is 0.217. The van der Waals surface area contributed by atoms with Gasteiger partial charge in [-0.25, -0.2) is 9.50 Å². The fourth-order valence-electron chi connectivity index (χ4n) is 3.79. The van der Waals surface area contributed by atoms with E-state index in [1.54, 1.807) is 17.7 Å². The van der Waals surface area contributed by atoms with Crippen LogP contribution in [-0.4, -0.2) is 42.9 Å². The van der Waals surface area contributed by atoms with E-state index >= 15 is 0 Å². The van der Waals surface area contributed by atoms with E-state index in [4.69, 9.17) is 27.4 Å². The van der Waals surface area contributed by atoms with Crippen molar-refractivity contribution in [3.8, 4) is 21.3 Å². The molecular weight excluding hydrogens is 456 g/mol. The van der Waals surface area contributed by atoms with Crippen LogP contribution in [0.2, 0.25) is 5.02 Å². The molecule has 0 unspecified atom stereocenters. The predicted octanol–water partition coefficient (Wildman–Crippen LogP) is 3.84. The average molecular weight is 479 g/mol. The number of hydrogen-bond donors (Lipinski definition) is 3. The first kappa shape index (κ1) is 21.7. The molecule has 4 heterocycles. The van der Waals surface area contributed by atoms with Crippen LogP contribution in [0.15, 0.2) is 48.9 Å². The molecule has 0 aliphatic heterocycles. The van der Waals surface area contributed by atoms with Crippen molar-refractivity contribution in [2.24, 2.45) is 5.73 Å². The number of pyridine rings is 1. The minimum atomic E-state index is 0.610. The summed E-state index contributed by atoms with van der Waals surface area (Å²) in [6.45, 7) is 4.15. The minimum Gasteiger partial charge on any atom is -0.329 e. The second-order valence-electron chi connectivity index (χ2n) is 7.73. The van der Waals surface area contributed by atoms with Crippen LogP contribution in [0.3, 0.4) is 0 Å². The maximum Gasteiger partial charge on any atom is 0.173 e. The van der Waals surface area contributed by atoms with Crippen LogP contribution in [-0.2, 0) is 13.0 Å². The zero-order chi connectivity index (χ0) is 22.8. The van der Waals surface area contributed by atoms with Crippen molar-refractivity contribution >= 4 is 28.5 Å². The minimum absolute atomic E-state index is 0.610. The highest BCUT2D eigenvalue weighted by Crippen LogP contribution is 2.38. The Morgan fingerprint density at radius 2 is 2.03 bits per heavy atom. The Hall–Kier alpha value is -3.11. The first-order valence-corrected chi connectivity index (χ1v) is 11.8. The predicted molar refractivity (Wildman–Crippen MR) is 131 cm³/mol. The molecule has 10 heteroatoms. The van der Waals surface area contributed by atoms with E-state index in [0.29, 0.717) is 23.8 Å². The molecule has 0 saturated carbocycles. The lowest BCUT2D eigenvalue weighted by Crippen LogP contribution is -2.21. The van der Waals surface area contributed by atoms with Gasteiger partial charge in [-0.05, 0) is 42.3 Å². The first-order chi connectivity index (χ1) is 16.1. The van der Waals surface area contributed by atoms with Crippen LogP contribution in [0.1, 0.15) is 22.5 Å². The molecule has 5 aromatic rings. The maximum absolute atomic E-state index is 6.07. The molecular formula is C23H23ClN8S. The third kappa shape index (κ3) is 4.53. The fourth-order valence-corrected chi connectivity index (χ4v) is 5.05. The lowest BCUT2D eigenvalue weighted by Gasteiger charge is -2.04. The molecule has 0 saturated heterocycles. The van der Waals surface area contributed by atoms with E-state index in [-0.39, 0.29) is 0 Å². The zero-order valence-electron chi connectivity index (χ0n) is 18.0. The summed E-state index contributed by atoms with van der Waals surface area (Å²) in [5, 5.41) is 17.9. The van der Waals surface area contributed by atoms with Gasteiger partial charge in [0.05, 0.1) is 27.3 Å². The van der Waals surface area contributed by atoms with Gasteiger partial charge in [-0.1, -0.05) is 23.7 Å². The first-order valence-electron chi connectivity index (χ1n) is 10.6. The van der Waals surface area contributed by atoms with Crippen LogP contribution >= 0.6 is 22.9 Å². The van der Waals surface area contributed by atoms with E-state index in [1.807, 2.05) is 41.9 Å². The zero-order valence-corrected chi connectivity index (χ0v) is 19.6. The lowest BCUT2D eigenvalue weighted by atomic mass is 10.1. The highest BCUT2D eigenvalue weighted by atomic mass is 35.5. The van der Waals surface area contributed by atoms with Crippen molar-refractivity contribution in [3.63, 3.8) is 0 Å². The second-order valence-corrected chi connectivity index (χ2v) is 9.16. The molecule has 33 heavy (non-hydrogen) atoms. The van der Waals surface area contributed by atoms with Gasteiger partial charge >= 0.3 is 0 Å². The topological polar surface area (TPSA) is 110 Å². The highest BCUT2D eigenvalue weighted by molar-refractivity contribution is 7.18. The number of halogens is 1. The van der Waals surface area contributed by atoms with Gasteiger partial charge in [-0.3, -0.25) is 0 Å². The third-order valence-corrected chi connectivity index (χ3v) is 6.73. The lowest BCUT2D eigenvalue weighted by molar-refractivity contribution is 0.694. The van der Waals surface area contributed by atoms with Crippen molar-refractivity contribution in [1.29, 1.82) is 0 Å². The van der Waals surface area contributed by atoms with Crippen molar-refractivity contribution < 1.29 is 0 Å². The monoisotopic (exact) mass is 478 g/mol. The number of nitrogens with two attached hydrogens (primary N) is 1. The van der Waals surface area contributed by atoms with Crippen molar-refractivity contribution in [1.82, 2.24) is 35.1 Å². The summed E-state index contributed by atoms with van der Waals surface area (Å²) < 4.78 is 1.91. The number of nitrogens with one attached hydrogen (secondary N) is 2. The summed E-state index contributed by atoms with van der Waals surface area (Å²) in [6, 6.07) is 12.1. The van der Waals surface area contributed by atoms with Gasteiger partial charge in [-0.15, -0.1) is 21.5 Å². The largest absolute Gasteiger partial charge is 0.329 e. The normalized spacial score (nSPS) is 11.5. The number of aromatic amines is 1. The molecule has 4 N–H and O–H groups in total. The Kier molecular flexibility index (Phi) is 6.19. The Balaban J connectivity index is 1.58. The molecule has 0 amide bonds. The van der Waals surface area contributed by atoms with Crippen LogP contribution in [0, 0.1) is 6.92 Å². The second kappa shape index (κ2) is 9.40. The van der Waals surface area contributed by atoms with E-state index in [2.05, 4.69) is 32.6 Å². The number of thiazole rings is 1. The average Bonchev–Trinajstić information content (AvgIpc) is 3.53. The van der Waals surface area contributed by atoms with Crippen LogP contribution in [0.5, 0.6) is 0 Å². The number of benzene rings is 1. The summed E-state index contributed by atoms with van der Waals surface area (Å²) in [5.41, 5.74) is 11.8. The van der Waals surface area contributed by atoms with E-state index in [9.17, 15) is 0 Å². The standard InChI is InChI=1S/C23H23ClN8S/c1-14-20(19-11-16(12-26-8-7-25)6-9-32(19)31-14)23-29-18(10-15-2-4-17(24)5-3-15)21(33-23)22-27-13-28-30-22/h2-6,9,11,13,26H,7-8,10,12,25H2,1H3,(H,27,28,30). The molecule has 0 radical (unpaired) electrons. The number of hydrogen-bond acceptors (Lipinski definition) is 7. The summed E-state index contributed by atoms with van der Waals surface area (Å²) in [4.78, 5) is 9.15. The Morgan fingerprint density at radius 1 is 1.18 bits per heavy atom. The SMILES string of the molecule is Cc1nn2ccc(CNCCN)cc2c1-c1nc(Cc2ccc(Cl)cc2)c(-c2nnc[nH]2)s1. The number of aryl methyl sites for hydroxylation is 1. The van der Waals surface area contributed by atoms with Crippen molar-refractivity contribution in [2.45, 2.75) is 19.9 Å². The maximum atomic E-state index is 6.07. The van der Waals surface area contributed by atoms with E-state index < -0.39 is 0 Å². The van der Waals surface area contributed by atoms with E-state index in [1.165, 1.54) is 5.56 Å². The number of H-pyrrole nitrogens is 1. The summed E-state index contributed by atoms with van der Waals surface area (Å²) in [5.74, 6) is 0.712. The molecule has 0 aliphatic rings. The van der Waals surface area contributed by atoms with Gasteiger partial charge in [0.2, 0.25) is 0 Å². The molecule has 0 fully saturated rings. The summed E-state index contributed by atoms with van der Waals surface area (Å²) >= 11 is 7.66. The Labute approximate surface area is 199 Å². The molecule has 8 nitrogen and oxygen atoms in total. The third-order valence-electron chi connectivity index (χ3n) is 5.35. The summed E-state index contributed by atoms with van der Waals surface area (Å²) in [6.07, 6.45) is 4.24. The van der Waals surface area contributed by atoms with Crippen molar-refractivity contribution in [2.75, 3.05) is 13.1 Å². The molecule has 1 aromatic carbocycles. The number of rotatable bonds is 8. The number of aromatic nitrogens is 6.